The predicted octanol–water partition coefficient (Wildman–Crippen LogP) is 2.91. The fourth-order valence-electron chi connectivity index (χ4n) is 4.69. The number of nitrogens with zero attached hydrogens (tertiary/aromatic N) is 1. The zero-order valence-electron chi connectivity index (χ0n) is 16.4. The van der Waals surface area contributed by atoms with Gasteiger partial charge in [-0.3, -0.25) is 9.59 Å². The van der Waals surface area contributed by atoms with Gasteiger partial charge in [0.1, 0.15) is 5.75 Å². The number of carbonyl (C=O) groups excluding carboxylic acids is 1. The van der Waals surface area contributed by atoms with Crippen LogP contribution in [0.2, 0.25) is 0 Å². The van der Waals surface area contributed by atoms with Crippen molar-refractivity contribution in [1.29, 1.82) is 0 Å². The highest BCUT2D eigenvalue weighted by Gasteiger charge is 2.49. The van der Waals surface area contributed by atoms with Gasteiger partial charge < -0.3 is 19.5 Å². The summed E-state index contributed by atoms with van der Waals surface area (Å²) in [5, 5.41) is 9.28. The monoisotopic (exact) mass is 375 g/mol. The van der Waals surface area contributed by atoms with Crippen molar-refractivity contribution in [2.75, 3.05) is 20.8 Å². The van der Waals surface area contributed by atoms with Gasteiger partial charge in [0, 0.05) is 19.7 Å². The number of carboxylic acids is 1. The van der Waals surface area contributed by atoms with Gasteiger partial charge >= 0.3 is 5.97 Å². The SMILES string of the molecule is COc1cc(C2(C(=O)N3CC(OC)CC3CC(=O)O)CCCC2)ccc1C. The minimum atomic E-state index is -0.882. The van der Waals surface area contributed by atoms with Crippen LogP contribution in [0.1, 0.15) is 49.7 Å². The largest absolute Gasteiger partial charge is 0.496 e. The fourth-order valence-corrected chi connectivity index (χ4v) is 4.69. The molecule has 1 N–H and O–H groups in total. The standard InChI is InChI=1S/C21H29NO5/c1-14-6-7-15(10-18(14)27-3)21(8-4-5-9-21)20(25)22-13-17(26-2)11-16(22)12-19(23)24/h6-7,10,16-17H,4-5,8-9,11-13H2,1-3H3,(H,23,24). The Balaban J connectivity index is 1.96. The summed E-state index contributed by atoms with van der Waals surface area (Å²) in [6.07, 6.45) is 3.98. The van der Waals surface area contributed by atoms with E-state index in [1.165, 1.54) is 0 Å². The van der Waals surface area contributed by atoms with E-state index in [0.29, 0.717) is 13.0 Å². The van der Waals surface area contributed by atoms with E-state index in [4.69, 9.17) is 9.47 Å². The van der Waals surface area contributed by atoms with Gasteiger partial charge in [-0.2, -0.15) is 0 Å². The van der Waals surface area contributed by atoms with E-state index < -0.39 is 11.4 Å². The molecule has 2 aliphatic rings. The second-order valence-electron chi connectivity index (χ2n) is 7.78. The Morgan fingerprint density at radius 3 is 2.56 bits per heavy atom. The molecule has 6 heteroatoms. The third-order valence-electron chi connectivity index (χ3n) is 6.21. The van der Waals surface area contributed by atoms with Gasteiger partial charge in [0.25, 0.3) is 0 Å². The van der Waals surface area contributed by atoms with E-state index in [9.17, 15) is 14.7 Å². The molecule has 1 aromatic carbocycles. The van der Waals surface area contributed by atoms with Crippen molar-refractivity contribution in [3.05, 3.63) is 29.3 Å². The number of amides is 1. The van der Waals surface area contributed by atoms with Gasteiger partial charge in [0.2, 0.25) is 5.91 Å². The number of hydrogen-bond acceptors (Lipinski definition) is 4. The summed E-state index contributed by atoms with van der Waals surface area (Å²) < 4.78 is 10.9. The molecule has 2 fully saturated rings. The normalized spacial score (nSPS) is 24.2. The summed E-state index contributed by atoms with van der Waals surface area (Å²) >= 11 is 0. The summed E-state index contributed by atoms with van der Waals surface area (Å²) in [5.41, 5.74) is 1.41. The Bertz CT molecular complexity index is 711. The summed E-state index contributed by atoms with van der Waals surface area (Å²) in [4.78, 5) is 26.8. The van der Waals surface area contributed by atoms with Crippen molar-refractivity contribution in [2.24, 2.45) is 0 Å². The van der Waals surface area contributed by atoms with Crippen LogP contribution in [0.4, 0.5) is 0 Å². The van der Waals surface area contributed by atoms with Gasteiger partial charge in [-0.25, -0.2) is 0 Å². The Morgan fingerprint density at radius 2 is 1.96 bits per heavy atom. The molecular formula is C21H29NO5. The van der Waals surface area contributed by atoms with E-state index in [0.717, 1.165) is 42.6 Å². The van der Waals surface area contributed by atoms with Gasteiger partial charge in [-0.1, -0.05) is 25.0 Å². The summed E-state index contributed by atoms with van der Waals surface area (Å²) in [6, 6.07) is 5.69. The molecule has 1 amide bonds. The number of benzene rings is 1. The number of methoxy groups -OCH3 is 2. The van der Waals surface area contributed by atoms with Crippen LogP contribution in [0.15, 0.2) is 18.2 Å². The first kappa shape index (κ1) is 19.7. The van der Waals surface area contributed by atoms with Crippen LogP contribution in [0, 0.1) is 6.92 Å². The molecule has 1 saturated heterocycles. The molecule has 0 radical (unpaired) electrons. The predicted molar refractivity (Wildman–Crippen MR) is 101 cm³/mol. The maximum Gasteiger partial charge on any atom is 0.305 e. The quantitative estimate of drug-likeness (QED) is 0.827. The molecule has 1 aliphatic heterocycles. The lowest BCUT2D eigenvalue weighted by Gasteiger charge is -2.35. The first-order chi connectivity index (χ1) is 12.9. The fraction of sp³-hybridized carbons (Fsp3) is 0.619. The lowest BCUT2D eigenvalue weighted by Crippen LogP contribution is -2.48. The first-order valence-corrected chi connectivity index (χ1v) is 9.62. The highest BCUT2D eigenvalue weighted by Crippen LogP contribution is 2.45. The third kappa shape index (κ3) is 3.68. The van der Waals surface area contributed by atoms with Crippen LogP contribution >= 0.6 is 0 Å². The minimum absolute atomic E-state index is 0.0386. The summed E-state index contributed by atoms with van der Waals surface area (Å²) in [5.74, 6) is -0.0615. The first-order valence-electron chi connectivity index (χ1n) is 9.62. The second-order valence-corrected chi connectivity index (χ2v) is 7.78. The zero-order chi connectivity index (χ0) is 19.6. The van der Waals surface area contributed by atoms with Crippen molar-refractivity contribution in [3.8, 4) is 5.75 Å². The molecule has 2 atom stereocenters. The van der Waals surface area contributed by atoms with Gasteiger partial charge in [-0.15, -0.1) is 0 Å². The molecule has 2 unspecified atom stereocenters. The van der Waals surface area contributed by atoms with Gasteiger partial charge in [0.05, 0.1) is 25.0 Å². The maximum absolute atomic E-state index is 13.7. The van der Waals surface area contributed by atoms with Crippen LogP contribution in [0.25, 0.3) is 0 Å². The number of aliphatic carboxylic acids is 1. The summed E-state index contributed by atoms with van der Waals surface area (Å²) in [6.45, 7) is 2.44. The van der Waals surface area contributed by atoms with Crippen molar-refractivity contribution in [3.63, 3.8) is 0 Å². The third-order valence-corrected chi connectivity index (χ3v) is 6.21. The molecule has 0 spiro atoms. The minimum Gasteiger partial charge on any atom is -0.496 e. The number of carbonyl (C=O) groups is 2. The van der Waals surface area contributed by atoms with Crippen molar-refractivity contribution >= 4 is 11.9 Å². The molecule has 1 saturated carbocycles. The molecule has 1 heterocycles. The van der Waals surface area contributed by atoms with Crippen molar-refractivity contribution in [2.45, 2.75) is 63.0 Å². The van der Waals surface area contributed by atoms with Crippen LogP contribution < -0.4 is 4.74 Å². The van der Waals surface area contributed by atoms with E-state index in [1.807, 2.05) is 25.1 Å². The number of ether oxygens (including phenoxy) is 2. The Labute approximate surface area is 160 Å². The highest BCUT2D eigenvalue weighted by atomic mass is 16.5. The van der Waals surface area contributed by atoms with Crippen molar-refractivity contribution < 1.29 is 24.2 Å². The lowest BCUT2D eigenvalue weighted by atomic mass is 9.77. The smallest absolute Gasteiger partial charge is 0.305 e. The summed E-state index contributed by atoms with van der Waals surface area (Å²) in [7, 11) is 3.26. The van der Waals surface area contributed by atoms with Crippen molar-refractivity contribution in [1.82, 2.24) is 4.90 Å². The topological polar surface area (TPSA) is 76.1 Å². The molecule has 1 aromatic rings. The molecule has 27 heavy (non-hydrogen) atoms. The molecule has 6 nitrogen and oxygen atoms in total. The molecular weight excluding hydrogens is 346 g/mol. The molecule has 0 bridgehead atoms. The number of likely N-dealkylation sites (tertiary alicyclic amines) is 1. The van der Waals surface area contributed by atoms with Crippen LogP contribution in [-0.4, -0.2) is 54.8 Å². The number of aryl methyl sites for hydroxylation is 1. The maximum atomic E-state index is 13.7. The van der Waals surface area contributed by atoms with E-state index in [1.54, 1.807) is 19.1 Å². The molecule has 1 aliphatic carbocycles. The second kappa shape index (κ2) is 7.89. The average Bonchev–Trinajstić information content (AvgIpc) is 3.29. The Kier molecular flexibility index (Phi) is 5.75. The Hall–Kier alpha value is -2.08. The number of hydrogen-bond donors (Lipinski definition) is 1. The molecule has 0 aromatic heterocycles. The highest BCUT2D eigenvalue weighted by molar-refractivity contribution is 5.89. The van der Waals surface area contributed by atoms with E-state index in [-0.39, 0.29) is 24.5 Å². The van der Waals surface area contributed by atoms with Crippen LogP contribution in [-0.2, 0) is 19.7 Å². The van der Waals surface area contributed by atoms with Crippen LogP contribution in [0.3, 0.4) is 0 Å². The Morgan fingerprint density at radius 1 is 1.26 bits per heavy atom. The van der Waals surface area contributed by atoms with E-state index >= 15 is 0 Å². The van der Waals surface area contributed by atoms with Gasteiger partial charge in [-0.05, 0) is 43.4 Å². The van der Waals surface area contributed by atoms with Gasteiger partial charge in [0.15, 0.2) is 0 Å². The lowest BCUT2D eigenvalue weighted by molar-refractivity contribution is -0.142. The number of rotatable bonds is 6. The molecule has 3 rings (SSSR count). The number of carboxylic acid groups (broad SMARTS) is 1. The molecule has 148 valence electrons. The zero-order valence-corrected chi connectivity index (χ0v) is 16.4. The van der Waals surface area contributed by atoms with E-state index in [2.05, 4.69) is 0 Å². The average molecular weight is 375 g/mol. The van der Waals surface area contributed by atoms with Crippen LogP contribution in [0.5, 0.6) is 5.75 Å².